The standard InChI is InChI=1S/C25H19NO3/c27-24-15-20(16-26(24)23-11-5-9-18-7-3-4-10-22(18)23)25(28)29-21-13-12-17-6-1-2-8-19(17)14-21/h1-14,20H,15-16H2/t20-/m0/s1. The SMILES string of the molecule is O=C(Oc1ccc2ccccc2c1)[C@H]1CC(=O)N(c2cccc3ccccc23)C1. The number of carbonyl (C=O) groups is 2. The maximum atomic E-state index is 12.7. The fourth-order valence-electron chi connectivity index (χ4n) is 3.97. The van der Waals surface area contributed by atoms with Crippen LogP contribution in [0.4, 0.5) is 5.69 Å². The van der Waals surface area contributed by atoms with Gasteiger partial charge >= 0.3 is 5.97 Å². The summed E-state index contributed by atoms with van der Waals surface area (Å²) in [6.45, 7) is 0.333. The lowest BCUT2D eigenvalue weighted by Gasteiger charge is -2.18. The van der Waals surface area contributed by atoms with Gasteiger partial charge in [0.2, 0.25) is 5.91 Å². The Bertz CT molecular complexity index is 1240. The highest BCUT2D eigenvalue weighted by Crippen LogP contribution is 2.32. The van der Waals surface area contributed by atoms with Crippen molar-refractivity contribution >= 4 is 39.1 Å². The molecular formula is C25H19NO3. The molecule has 1 amide bonds. The third kappa shape index (κ3) is 3.23. The van der Waals surface area contributed by atoms with Gasteiger partial charge in [0.1, 0.15) is 5.75 Å². The van der Waals surface area contributed by atoms with Crippen molar-refractivity contribution in [3.63, 3.8) is 0 Å². The number of hydrogen-bond acceptors (Lipinski definition) is 3. The summed E-state index contributed by atoms with van der Waals surface area (Å²) in [5.41, 5.74) is 0.842. The fourth-order valence-corrected chi connectivity index (χ4v) is 3.97. The van der Waals surface area contributed by atoms with Crippen molar-refractivity contribution in [3.8, 4) is 5.75 Å². The van der Waals surface area contributed by atoms with Gasteiger partial charge in [-0.05, 0) is 34.4 Å². The van der Waals surface area contributed by atoms with Gasteiger partial charge in [0.25, 0.3) is 0 Å². The number of nitrogens with zero attached hydrogens (tertiary/aromatic N) is 1. The second-order valence-corrected chi connectivity index (χ2v) is 7.33. The molecule has 0 spiro atoms. The van der Waals surface area contributed by atoms with Crippen LogP contribution in [0.3, 0.4) is 0 Å². The predicted octanol–water partition coefficient (Wildman–Crippen LogP) is 4.95. The van der Waals surface area contributed by atoms with Crippen molar-refractivity contribution in [1.82, 2.24) is 0 Å². The van der Waals surface area contributed by atoms with E-state index < -0.39 is 5.92 Å². The van der Waals surface area contributed by atoms with Crippen LogP contribution >= 0.6 is 0 Å². The minimum atomic E-state index is -0.479. The molecule has 0 N–H and O–H groups in total. The number of carbonyl (C=O) groups excluding carboxylic acids is 2. The van der Waals surface area contributed by atoms with Gasteiger partial charge in [-0.15, -0.1) is 0 Å². The largest absolute Gasteiger partial charge is 0.426 e. The Hall–Kier alpha value is -3.66. The van der Waals surface area contributed by atoms with Crippen molar-refractivity contribution in [2.45, 2.75) is 6.42 Å². The third-order valence-electron chi connectivity index (χ3n) is 5.46. The first-order chi connectivity index (χ1) is 14.2. The molecule has 1 heterocycles. The van der Waals surface area contributed by atoms with E-state index in [2.05, 4.69) is 0 Å². The molecule has 1 fully saturated rings. The van der Waals surface area contributed by atoms with Crippen LogP contribution in [-0.4, -0.2) is 18.4 Å². The summed E-state index contributed by atoms with van der Waals surface area (Å²) in [4.78, 5) is 27.1. The number of amides is 1. The quantitative estimate of drug-likeness (QED) is 0.373. The molecule has 4 aromatic carbocycles. The molecule has 1 aliphatic rings. The molecule has 4 nitrogen and oxygen atoms in total. The Morgan fingerprint density at radius 2 is 1.55 bits per heavy atom. The van der Waals surface area contributed by atoms with Crippen molar-refractivity contribution in [1.29, 1.82) is 0 Å². The van der Waals surface area contributed by atoms with E-state index in [1.807, 2.05) is 78.9 Å². The van der Waals surface area contributed by atoms with Crippen molar-refractivity contribution < 1.29 is 14.3 Å². The lowest BCUT2D eigenvalue weighted by Crippen LogP contribution is -2.27. The molecule has 5 rings (SSSR count). The zero-order chi connectivity index (χ0) is 19.8. The van der Waals surface area contributed by atoms with E-state index in [4.69, 9.17) is 4.74 Å². The van der Waals surface area contributed by atoms with Crippen LogP contribution in [0.25, 0.3) is 21.5 Å². The second-order valence-electron chi connectivity index (χ2n) is 7.33. The Labute approximate surface area is 168 Å². The van der Waals surface area contributed by atoms with Gasteiger partial charge in [-0.25, -0.2) is 0 Å². The number of anilines is 1. The van der Waals surface area contributed by atoms with E-state index in [-0.39, 0.29) is 18.3 Å². The fraction of sp³-hybridized carbons (Fsp3) is 0.120. The molecule has 1 saturated heterocycles. The van der Waals surface area contributed by atoms with Crippen LogP contribution < -0.4 is 9.64 Å². The van der Waals surface area contributed by atoms with Gasteiger partial charge in [0.15, 0.2) is 0 Å². The van der Waals surface area contributed by atoms with E-state index in [0.717, 1.165) is 27.2 Å². The van der Waals surface area contributed by atoms with E-state index in [1.165, 1.54) is 0 Å². The van der Waals surface area contributed by atoms with Crippen molar-refractivity contribution in [2.75, 3.05) is 11.4 Å². The molecule has 0 aliphatic carbocycles. The predicted molar refractivity (Wildman–Crippen MR) is 114 cm³/mol. The monoisotopic (exact) mass is 381 g/mol. The van der Waals surface area contributed by atoms with Crippen LogP contribution in [0.1, 0.15) is 6.42 Å². The Morgan fingerprint density at radius 1 is 0.828 bits per heavy atom. The lowest BCUT2D eigenvalue weighted by atomic mass is 10.1. The van der Waals surface area contributed by atoms with Crippen LogP contribution in [0.2, 0.25) is 0 Å². The third-order valence-corrected chi connectivity index (χ3v) is 5.46. The first kappa shape index (κ1) is 17.4. The number of rotatable bonds is 3. The van der Waals surface area contributed by atoms with E-state index in [9.17, 15) is 9.59 Å². The highest BCUT2D eigenvalue weighted by Gasteiger charge is 2.37. The van der Waals surface area contributed by atoms with Crippen molar-refractivity contribution in [3.05, 3.63) is 84.9 Å². The molecule has 0 radical (unpaired) electrons. The summed E-state index contributed by atoms with van der Waals surface area (Å²) >= 11 is 0. The molecule has 142 valence electrons. The first-order valence-electron chi connectivity index (χ1n) is 9.68. The Kier molecular flexibility index (Phi) is 4.24. The minimum absolute atomic E-state index is 0.0539. The first-order valence-corrected chi connectivity index (χ1v) is 9.68. The molecule has 0 aromatic heterocycles. The summed E-state index contributed by atoms with van der Waals surface area (Å²) in [7, 11) is 0. The van der Waals surface area contributed by atoms with E-state index >= 15 is 0 Å². The average molecular weight is 381 g/mol. The number of hydrogen-bond donors (Lipinski definition) is 0. The number of ether oxygens (including phenoxy) is 1. The summed E-state index contributed by atoms with van der Waals surface area (Å²) in [6.07, 6.45) is 0.162. The Balaban J connectivity index is 1.37. The van der Waals surface area contributed by atoms with E-state index in [0.29, 0.717) is 12.3 Å². The summed E-state index contributed by atoms with van der Waals surface area (Å²) in [5.74, 6) is -0.393. The molecule has 4 aromatic rings. The highest BCUT2D eigenvalue weighted by molar-refractivity contribution is 6.06. The number of esters is 1. The van der Waals surface area contributed by atoms with E-state index in [1.54, 1.807) is 11.0 Å². The summed E-state index contributed by atoms with van der Waals surface area (Å²) in [5, 5.41) is 4.18. The van der Waals surface area contributed by atoms with Gasteiger partial charge in [-0.2, -0.15) is 0 Å². The molecule has 0 bridgehead atoms. The molecular weight excluding hydrogens is 362 g/mol. The van der Waals surface area contributed by atoms with Gasteiger partial charge in [-0.3, -0.25) is 9.59 Å². The van der Waals surface area contributed by atoms with Crippen LogP contribution in [0.15, 0.2) is 84.9 Å². The van der Waals surface area contributed by atoms with Crippen LogP contribution in [-0.2, 0) is 9.59 Å². The second kappa shape index (κ2) is 7.06. The minimum Gasteiger partial charge on any atom is -0.426 e. The maximum Gasteiger partial charge on any atom is 0.316 e. The maximum absolute atomic E-state index is 12.7. The van der Waals surface area contributed by atoms with Gasteiger partial charge < -0.3 is 9.64 Å². The molecule has 0 unspecified atom stereocenters. The summed E-state index contributed by atoms with van der Waals surface area (Å²) < 4.78 is 5.61. The van der Waals surface area contributed by atoms with Crippen LogP contribution in [0.5, 0.6) is 5.75 Å². The molecule has 0 saturated carbocycles. The molecule has 4 heteroatoms. The van der Waals surface area contributed by atoms with Gasteiger partial charge in [-0.1, -0.05) is 66.7 Å². The van der Waals surface area contributed by atoms with Gasteiger partial charge in [0.05, 0.1) is 11.6 Å². The average Bonchev–Trinajstić information content (AvgIpc) is 3.15. The zero-order valence-corrected chi connectivity index (χ0v) is 15.7. The zero-order valence-electron chi connectivity index (χ0n) is 15.7. The topological polar surface area (TPSA) is 46.6 Å². The van der Waals surface area contributed by atoms with Crippen LogP contribution in [0, 0.1) is 5.92 Å². The Morgan fingerprint density at radius 3 is 2.41 bits per heavy atom. The molecule has 1 aliphatic heterocycles. The normalized spacial score (nSPS) is 16.5. The smallest absolute Gasteiger partial charge is 0.316 e. The number of benzene rings is 4. The van der Waals surface area contributed by atoms with Gasteiger partial charge in [0, 0.05) is 18.4 Å². The highest BCUT2D eigenvalue weighted by atomic mass is 16.5. The molecule has 1 atom stereocenters. The molecule has 29 heavy (non-hydrogen) atoms. The van der Waals surface area contributed by atoms with Crippen molar-refractivity contribution in [2.24, 2.45) is 5.92 Å². The lowest BCUT2D eigenvalue weighted by molar-refractivity contribution is -0.139. The number of fused-ring (bicyclic) bond motifs is 2. The summed E-state index contributed by atoms with van der Waals surface area (Å²) in [6, 6.07) is 27.3.